The molecule has 0 radical (unpaired) electrons. The molecule has 13 heteroatoms. The van der Waals surface area contributed by atoms with Gasteiger partial charge in [-0.2, -0.15) is 5.26 Å². The largest absolute Gasteiger partial charge is 0.481 e. The van der Waals surface area contributed by atoms with Gasteiger partial charge in [0.25, 0.3) is 5.56 Å². The minimum Gasteiger partial charge on any atom is -0.481 e. The SMILES string of the molecule is CN(C)C=C1C(=O)CCCCC1=O.COc1ccc2c(n1)CCCCC2=O.N#Cc1cc2c([nH]c1=O)CCCCC2=O.O=C1CCCCc2[nH]c(=O)ccc21. The smallest absolute Gasteiger partial charge is 0.266 e. The van der Waals surface area contributed by atoms with Crippen LogP contribution in [0.1, 0.15) is 137 Å². The number of rotatable bonds is 2. The lowest BCUT2D eigenvalue weighted by molar-refractivity contribution is -0.120. The first-order chi connectivity index (χ1) is 26.4. The number of aryl methyl sites for hydroxylation is 3. The van der Waals surface area contributed by atoms with Crippen LogP contribution in [0.3, 0.4) is 0 Å². The number of carbonyl (C=O) groups is 5. The third-order valence-electron chi connectivity index (χ3n) is 9.58. The van der Waals surface area contributed by atoms with E-state index in [1.165, 1.54) is 12.1 Å². The number of aromatic amines is 2. The van der Waals surface area contributed by atoms with Gasteiger partial charge in [-0.15, -0.1) is 0 Å². The summed E-state index contributed by atoms with van der Waals surface area (Å²) in [5.41, 5.74) is 4.28. The number of Topliss-reactive ketones (excluding diaryl/α,β-unsaturated/α-hetero) is 5. The van der Waals surface area contributed by atoms with E-state index in [0.717, 1.165) is 81.2 Å². The number of hydrogen-bond donors (Lipinski definition) is 2. The number of nitrogens with one attached hydrogen (secondary N) is 2. The van der Waals surface area contributed by atoms with E-state index in [1.54, 1.807) is 36.4 Å². The molecule has 0 aromatic carbocycles. The second-order valence-corrected chi connectivity index (χ2v) is 14.0. The highest BCUT2D eigenvalue weighted by atomic mass is 16.5. The Hall–Kier alpha value is -5.77. The molecule has 0 aliphatic heterocycles. The lowest BCUT2D eigenvalue weighted by Gasteiger charge is -2.07. The highest BCUT2D eigenvalue weighted by molar-refractivity contribution is 6.20. The molecule has 13 nitrogen and oxygen atoms in total. The Morgan fingerprint density at radius 1 is 0.636 bits per heavy atom. The second-order valence-electron chi connectivity index (χ2n) is 14.0. The molecule has 1 fully saturated rings. The summed E-state index contributed by atoms with van der Waals surface area (Å²) in [5.74, 6) is 0.984. The van der Waals surface area contributed by atoms with Crippen molar-refractivity contribution in [2.24, 2.45) is 0 Å². The number of methoxy groups -OCH3 is 1. The fourth-order valence-electron chi connectivity index (χ4n) is 6.67. The van der Waals surface area contributed by atoms with Crippen molar-refractivity contribution in [2.75, 3.05) is 21.2 Å². The summed E-state index contributed by atoms with van der Waals surface area (Å²) in [5, 5.41) is 8.70. The Labute approximate surface area is 320 Å². The van der Waals surface area contributed by atoms with Crippen LogP contribution in [-0.2, 0) is 28.9 Å². The van der Waals surface area contributed by atoms with Gasteiger partial charge in [-0.3, -0.25) is 33.6 Å². The number of carbonyl (C=O) groups excluding carboxylic acids is 5. The maximum absolute atomic E-state index is 11.7. The second kappa shape index (κ2) is 20.6. The summed E-state index contributed by atoms with van der Waals surface area (Å²) in [6.07, 6.45) is 14.2. The highest BCUT2D eigenvalue weighted by Crippen LogP contribution is 2.22. The van der Waals surface area contributed by atoms with Crippen molar-refractivity contribution in [2.45, 2.75) is 103 Å². The van der Waals surface area contributed by atoms with Crippen LogP contribution in [0.2, 0.25) is 0 Å². The number of nitriles is 1. The van der Waals surface area contributed by atoms with Crippen LogP contribution in [0, 0.1) is 11.3 Å². The van der Waals surface area contributed by atoms with Crippen molar-refractivity contribution in [3.63, 3.8) is 0 Å². The Balaban J connectivity index is 0.000000163. The number of hydrogen-bond acceptors (Lipinski definition) is 11. The number of pyridine rings is 3. The van der Waals surface area contributed by atoms with Crippen molar-refractivity contribution in [3.05, 3.63) is 102 Å². The van der Waals surface area contributed by atoms with E-state index in [1.807, 2.05) is 20.2 Å². The summed E-state index contributed by atoms with van der Waals surface area (Å²) in [4.78, 5) is 91.4. The molecule has 3 aromatic rings. The van der Waals surface area contributed by atoms with Crippen LogP contribution in [0.4, 0.5) is 0 Å². The zero-order chi connectivity index (χ0) is 39.9. The van der Waals surface area contributed by atoms with E-state index < -0.39 is 5.56 Å². The quantitative estimate of drug-likeness (QED) is 0.143. The number of allylic oxidation sites excluding steroid dienone is 1. The molecule has 0 spiro atoms. The Morgan fingerprint density at radius 3 is 1.69 bits per heavy atom. The molecule has 290 valence electrons. The third kappa shape index (κ3) is 12.1. The number of ketones is 5. The molecule has 0 saturated heterocycles. The first-order valence-corrected chi connectivity index (χ1v) is 18.9. The number of aromatic nitrogens is 3. The lowest BCUT2D eigenvalue weighted by Crippen LogP contribution is -2.16. The van der Waals surface area contributed by atoms with Crippen molar-refractivity contribution in [3.8, 4) is 11.9 Å². The van der Waals surface area contributed by atoms with E-state index >= 15 is 0 Å². The van der Waals surface area contributed by atoms with E-state index in [9.17, 15) is 33.6 Å². The molecule has 0 bridgehead atoms. The number of ether oxygens (including phenoxy) is 1. The summed E-state index contributed by atoms with van der Waals surface area (Å²) >= 11 is 0. The molecule has 2 N–H and O–H groups in total. The number of H-pyrrole nitrogens is 2. The minimum atomic E-state index is -0.397. The van der Waals surface area contributed by atoms with Crippen molar-refractivity contribution in [1.82, 2.24) is 19.9 Å². The predicted molar refractivity (Wildman–Crippen MR) is 206 cm³/mol. The summed E-state index contributed by atoms with van der Waals surface area (Å²) < 4.78 is 5.03. The third-order valence-corrected chi connectivity index (χ3v) is 9.58. The topological polar surface area (TPSA) is 200 Å². The normalized spacial score (nSPS) is 16.5. The maximum atomic E-state index is 11.7. The molecule has 1 saturated carbocycles. The molecule has 0 atom stereocenters. The predicted octanol–water partition coefficient (Wildman–Crippen LogP) is 5.58. The van der Waals surface area contributed by atoms with Gasteiger partial charge in [0.1, 0.15) is 11.6 Å². The van der Waals surface area contributed by atoms with Crippen LogP contribution < -0.4 is 15.9 Å². The van der Waals surface area contributed by atoms with Gasteiger partial charge in [-0.1, -0.05) is 0 Å². The number of fused-ring (bicyclic) bond motifs is 3. The van der Waals surface area contributed by atoms with E-state index in [-0.39, 0.29) is 40.0 Å². The van der Waals surface area contributed by atoms with E-state index in [2.05, 4.69) is 15.0 Å². The van der Waals surface area contributed by atoms with Crippen molar-refractivity contribution >= 4 is 28.9 Å². The molecule has 4 aliphatic rings. The molecule has 4 aliphatic carbocycles. The van der Waals surface area contributed by atoms with Gasteiger partial charge in [-0.05, 0) is 88.8 Å². The van der Waals surface area contributed by atoms with Crippen LogP contribution in [0.15, 0.2) is 51.7 Å². The average Bonchev–Trinajstić information content (AvgIpc) is 3.62. The zero-order valence-electron chi connectivity index (χ0n) is 31.9. The monoisotopic (exact) mass is 751 g/mol. The summed E-state index contributed by atoms with van der Waals surface area (Å²) in [7, 11) is 5.23. The van der Waals surface area contributed by atoms with Gasteiger partial charge >= 0.3 is 0 Å². The Kier molecular flexibility index (Phi) is 15.7. The molecular weight excluding hydrogens is 702 g/mol. The zero-order valence-corrected chi connectivity index (χ0v) is 31.9. The Bertz CT molecular complexity index is 2080. The van der Waals surface area contributed by atoms with Crippen LogP contribution in [0.5, 0.6) is 5.88 Å². The van der Waals surface area contributed by atoms with E-state index in [0.29, 0.717) is 66.8 Å². The van der Waals surface area contributed by atoms with Gasteiger partial charge < -0.3 is 19.6 Å². The van der Waals surface area contributed by atoms with Crippen molar-refractivity contribution in [1.29, 1.82) is 5.26 Å². The molecule has 0 amide bonds. The molecule has 55 heavy (non-hydrogen) atoms. The highest BCUT2D eigenvalue weighted by Gasteiger charge is 2.22. The van der Waals surface area contributed by atoms with Crippen molar-refractivity contribution < 1.29 is 28.7 Å². The van der Waals surface area contributed by atoms with E-state index in [4.69, 9.17) is 10.00 Å². The maximum Gasteiger partial charge on any atom is 0.266 e. The fraction of sp³-hybridized carbons (Fsp3) is 0.452. The molecular formula is C42H49N5O8. The summed E-state index contributed by atoms with van der Waals surface area (Å²) in [6.45, 7) is 0. The molecule has 0 unspecified atom stereocenters. The minimum absolute atomic E-state index is 0.00352. The van der Waals surface area contributed by atoms with Gasteiger partial charge in [0.15, 0.2) is 28.9 Å². The Morgan fingerprint density at radius 2 is 1.13 bits per heavy atom. The van der Waals surface area contributed by atoms with Crippen LogP contribution >= 0.6 is 0 Å². The van der Waals surface area contributed by atoms with Gasteiger partial charge in [0.05, 0.1) is 18.4 Å². The molecule has 3 aromatic heterocycles. The standard InChI is InChI=1S/C11H10N2O2.C11H13NO2.C10H11NO2.C10H15NO2/c12-6-7-5-8-9(13-11(7)15)3-1-2-4-10(8)14;1-14-11-7-6-8-9(12-11)4-2-3-5-10(8)13;12-9-4-2-1-3-8-7(9)5-6-10(13)11-8;1-11(2)7-8-9(12)5-3-4-6-10(8)13/h5H,1-4H2,(H,13,15);6-7H,2-5H2,1H3;5-6H,1-4H2,(H,11,13);7H,3-6H2,1-2H3. The average molecular weight is 752 g/mol. The van der Waals surface area contributed by atoms with Gasteiger partial charge in [0.2, 0.25) is 11.4 Å². The van der Waals surface area contributed by atoms with Gasteiger partial charge in [0, 0.05) is 92.6 Å². The first-order valence-electron chi connectivity index (χ1n) is 18.9. The lowest BCUT2D eigenvalue weighted by atomic mass is 10.1. The summed E-state index contributed by atoms with van der Waals surface area (Å²) in [6, 6.07) is 9.85. The van der Waals surface area contributed by atoms with Crippen LogP contribution in [0.25, 0.3) is 0 Å². The number of nitrogens with zero attached hydrogens (tertiary/aromatic N) is 3. The fourth-order valence-corrected chi connectivity index (χ4v) is 6.67. The molecule has 7 rings (SSSR count). The van der Waals surface area contributed by atoms with Gasteiger partial charge in [-0.25, -0.2) is 4.98 Å². The van der Waals surface area contributed by atoms with Crippen LogP contribution in [-0.4, -0.2) is 70.0 Å². The first kappa shape index (κ1) is 42.0. The molecule has 3 heterocycles.